The zero-order chi connectivity index (χ0) is 20.4. The molecule has 0 aliphatic carbocycles. The second-order valence-electron chi connectivity index (χ2n) is 7.41. The Hall–Kier alpha value is -2.71. The summed E-state index contributed by atoms with van der Waals surface area (Å²) < 4.78 is 14.8. The maximum Gasteiger partial charge on any atom is 0.229 e. The number of hydrogen-bond donors (Lipinski definition) is 4. The van der Waals surface area contributed by atoms with E-state index in [-0.39, 0.29) is 11.8 Å². The van der Waals surface area contributed by atoms with Crippen molar-refractivity contribution in [2.45, 2.75) is 32.6 Å². The van der Waals surface area contributed by atoms with Crippen LogP contribution >= 0.6 is 11.6 Å². The van der Waals surface area contributed by atoms with Crippen molar-refractivity contribution in [1.29, 1.82) is 0 Å². The van der Waals surface area contributed by atoms with Crippen molar-refractivity contribution < 1.29 is 9.71 Å². The Bertz CT molecular complexity index is 1010. The lowest BCUT2D eigenvalue weighted by atomic mass is 9.87. The van der Waals surface area contributed by atoms with E-state index in [2.05, 4.69) is 36.1 Å². The monoisotopic (exact) mass is 416 g/mol. The summed E-state index contributed by atoms with van der Waals surface area (Å²) in [5, 5.41) is 15.6. The smallest absolute Gasteiger partial charge is 0.229 e. The molecule has 1 aromatic carbocycles. The highest BCUT2D eigenvalue weighted by Crippen LogP contribution is 2.31. The molecule has 4 rings (SSSR count). The number of aromatic nitrogens is 4. The van der Waals surface area contributed by atoms with Gasteiger partial charge in [-0.2, -0.15) is 10.1 Å². The van der Waals surface area contributed by atoms with Crippen molar-refractivity contribution in [2.24, 2.45) is 0 Å². The van der Waals surface area contributed by atoms with Crippen LogP contribution in [0.3, 0.4) is 0 Å². The van der Waals surface area contributed by atoms with Gasteiger partial charge in [-0.05, 0) is 43.0 Å². The number of H-pyrrole nitrogens is 1. The van der Waals surface area contributed by atoms with Gasteiger partial charge < -0.3 is 16.0 Å². The summed E-state index contributed by atoms with van der Waals surface area (Å²) in [5.41, 5.74) is 3.41. The van der Waals surface area contributed by atoms with Gasteiger partial charge in [0.2, 0.25) is 5.95 Å². The second-order valence-corrected chi connectivity index (χ2v) is 7.81. The Labute approximate surface area is 173 Å². The van der Waals surface area contributed by atoms with Gasteiger partial charge in [0.15, 0.2) is 11.6 Å². The minimum absolute atomic E-state index is 0.252. The molecule has 9 heteroatoms. The van der Waals surface area contributed by atoms with Crippen molar-refractivity contribution in [2.75, 3.05) is 23.7 Å². The fraction of sp³-hybridized carbons (Fsp3) is 0.350. The molecule has 7 nitrogen and oxygen atoms in total. The molecule has 152 valence electrons. The average Bonchev–Trinajstić information content (AvgIpc) is 3.12. The van der Waals surface area contributed by atoms with Crippen molar-refractivity contribution in [3.63, 3.8) is 0 Å². The van der Waals surface area contributed by atoms with Crippen LogP contribution in [0.25, 0.3) is 0 Å². The highest BCUT2D eigenvalue weighted by atomic mass is 35.5. The van der Waals surface area contributed by atoms with Crippen LogP contribution in [0.5, 0.6) is 0 Å². The summed E-state index contributed by atoms with van der Waals surface area (Å²) in [6.45, 7) is 6.10. The van der Waals surface area contributed by atoms with E-state index >= 15 is 0 Å². The van der Waals surface area contributed by atoms with Gasteiger partial charge in [0.25, 0.3) is 0 Å². The number of quaternary nitrogens is 1. The zero-order valence-corrected chi connectivity index (χ0v) is 17.1. The Morgan fingerprint density at radius 2 is 1.97 bits per heavy atom. The summed E-state index contributed by atoms with van der Waals surface area (Å²) in [4.78, 5) is 8.54. The lowest BCUT2D eigenvalue weighted by Gasteiger charge is -2.23. The third-order valence-electron chi connectivity index (χ3n) is 5.18. The number of aromatic amines is 1. The molecule has 0 unspecified atom stereocenters. The topological polar surface area (TPSA) is 95.1 Å². The van der Waals surface area contributed by atoms with E-state index in [1.165, 1.54) is 6.20 Å². The van der Waals surface area contributed by atoms with Gasteiger partial charge in [-0.1, -0.05) is 11.6 Å². The maximum atomic E-state index is 14.8. The van der Waals surface area contributed by atoms with E-state index in [4.69, 9.17) is 11.6 Å². The number of hydrogen-bond acceptors (Lipinski definition) is 5. The van der Waals surface area contributed by atoms with E-state index in [0.717, 1.165) is 42.8 Å². The number of aryl methyl sites for hydroxylation is 2. The van der Waals surface area contributed by atoms with Gasteiger partial charge in [0, 0.05) is 24.6 Å². The summed E-state index contributed by atoms with van der Waals surface area (Å²) in [5.74, 6) is 1.34. The van der Waals surface area contributed by atoms with Gasteiger partial charge >= 0.3 is 0 Å². The second kappa shape index (κ2) is 8.34. The van der Waals surface area contributed by atoms with Crippen LogP contribution in [0.15, 0.2) is 24.4 Å². The molecule has 1 saturated heterocycles. The molecule has 0 bridgehead atoms. The Kier molecular flexibility index (Phi) is 5.64. The van der Waals surface area contributed by atoms with Crippen LogP contribution in [0.1, 0.15) is 35.6 Å². The molecule has 1 aliphatic heterocycles. The first kappa shape index (κ1) is 19.6. The normalized spacial score (nSPS) is 14.8. The van der Waals surface area contributed by atoms with Crippen LogP contribution in [-0.2, 0) is 0 Å². The number of anilines is 4. The maximum absolute atomic E-state index is 14.8. The minimum atomic E-state index is -0.309. The molecular weight excluding hydrogens is 393 g/mol. The first-order valence-electron chi connectivity index (χ1n) is 9.70. The van der Waals surface area contributed by atoms with Gasteiger partial charge in [-0.15, -0.1) is 0 Å². The van der Waals surface area contributed by atoms with Gasteiger partial charge in [-0.25, -0.2) is 9.37 Å². The molecule has 2 aromatic heterocycles. The van der Waals surface area contributed by atoms with Gasteiger partial charge in [-0.3, -0.25) is 5.10 Å². The van der Waals surface area contributed by atoms with Crippen LogP contribution in [0.4, 0.5) is 27.7 Å². The van der Waals surface area contributed by atoms with Gasteiger partial charge in [0.1, 0.15) is 10.8 Å². The molecule has 0 saturated carbocycles. The average molecular weight is 417 g/mol. The van der Waals surface area contributed by atoms with E-state index < -0.39 is 0 Å². The first-order valence-corrected chi connectivity index (χ1v) is 10.1. The quantitative estimate of drug-likeness (QED) is 0.510. The first-order chi connectivity index (χ1) is 14.0. The van der Waals surface area contributed by atoms with Crippen LogP contribution in [0, 0.1) is 19.7 Å². The summed E-state index contributed by atoms with van der Waals surface area (Å²) in [6.07, 6.45) is 3.63. The predicted octanol–water partition coefficient (Wildman–Crippen LogP) is 3.54. The molecule has 3 aromatic rings. The highest BCUT2D eigenvalue weighted by molar-refractivity contribution is 6.32. The van der Waals surface area contributed by atoms with Gasteiger partial charge in [0.05, 0.1) is 25.0 Å². The van der Waals surface area contributed by atoms with E-state index in [1.807, 2.05) is 26.0 Å². The number of halogens is 2. The number of rotatable bonds is 5. The molecular formula is C20H24ClFN7+. The molecule has 0 radical (unpaired) electrons. The van der Waals surface area contributed by atoms with Crippen LogP contribution < -0.4 is 16.0 Å². The zero-order valence-electron chi connectivity index (χ0n) is 16.4. The Morgan fingerprint density at radius 1 is 1.17 bits per heavy atom. The number of nitrogens with two attached hydrogens (primary N) is 1. The number of nitrogens with one attached hydrogen (secondary N) is 3. The molecule has 1 aliphatic rings. The van der Waals surface area contributed by atoms with Crippen molar-refractivity contribution in [1.82, 2.24) is 20.2 Å². The SMILES string of the molecule is Cc1cc(Nc2nc(Nc3cc(C)c(C4CC[NH2+]CC4)cc3F)ncc2Cl)n[nH]1. The van der Waals surface area contributed by atoms with E-state index in [0.29, 0.717) is 28.3 Å². The molecule has 3 heterocycles. The molecule has 1 fully saturated rings. The van der Waals surface area contributed by atoms with Crippen LogP contribution in [-0.4, -0.2) is 33.3 Å². The molecule has 0 spiro atoms. The number of nitrogens with zero attached hydrogens (tertiary/aromatic N) is 3. The number of benzene rings is 1. The summed E-state index contributed by atoms with van der Waals surface area (Å²) >= 11 is 6.19. The van der Waals surface area contributed by atoms with Crippen molar-refractivity contribution in [3.05, 3.63) is 52.1 Å². The highest BCUT2D eigenvalue weighted by Gasteiger charge is 2.21. The summed E-state index contributed by atoms with van der Waals surface area (Å²) in [7, 11) is 0. The van der Waals surface area contributed by atoms with Crippen molar-refractivity contribution in [3.8, 4) is 0 Å². The summed E-state index contributed by atoms with van der Waals surface area (Å²) in [6, 6.07) is 5.30. The fourth-order valence-corrected chi connectivity index (χ4v) is 3.85. The Balaban J connectivity index is 1.55. The van der Waals surface area contributed by atoms with Crippen molar-refractivity contribution >= 4 is 34.9 Å². The lowest BCUT2D eigenvalue weighted by Crippen LogP contribution is -2.86. The third-order valence-corrected chi connectivity index (χ3v) is 5.45. The number of piperidine rings is 1. The molecule has 29 heavy (non-hydrogen) atoms. The largest absolute Gasteiger partial charge is 0.346 e. The standard InChI is InChI=1S/C20H23ClFN7/c1-11-7-17(16(22)9-14(11)13-3-5-23-6-4-13)25-20-24-10-15(21)19(27-20)26-18-8-12(2)28-29-18/h7-10,13,23H,3-6H2,1-2H3,(H3,24,25,26,27,28,29)/p+1. The van der Waals surface area contributed by atoms with Crippen LogP contribution in [0.2, 0.25) is 5.02 Å². The lowest BCUT2D eigenvalue weighted by molar-refractivity contribution is -0.663. The molecule has 5 N–H and O–H groups in total. The third kappa shape index (κ3) is 4.49. The van der Waals surface area contributed by atoms with E-state index in [9.17, 15) is 4.39 Å². The van der Waals surface area contributed by atoms with E-state index in [1.54, 1.807) is 6.07 Å². The Morgan fingerprint density at radius 3 is 2.69 bits per heavy atom. The fourth-order valence-electron chi connectivity index (χ4n) is 3.71. The minimum Gasteiger partial charge on any atom is -0.346 e. The molecule has 0 amide bonds. The predicted molar refractivity (Wildman–Crippen MR) is 112 cm³/mol. The molecule has 0 atom stereocenters.